The molecule has 3 aromatic rings. The molecule has 0 saturated carbocycles. The molecule has 7 nitrogen and oxygen atoms in total. The van der Waals surface area contributed by atoms with Crippen molar-refractivity contribution in [3.8, 4) is 22.1 Å². The second kappa shape index (κ2) is 12.1. The lowest BCUT2D eigenvalue weighted by Crippen LogP contribution is -2.25. The SMILES string of the molecule is CCCc1sc(-c2ccc(OC)c(OCCN3CCCC3)c2)nc1[C@@H](C)Sc1nc(C)cc(N)n1. The minimum Gasteiger partial charge on any atom is -0.493 e. The van der Waals surface area contributed by atoms with E-state index >= 15 is 0 Å². The molecule has 4 rings (SSSR count). The number of thiazole rings is 1. The van der Waals surface area contributed by atoms with Crippen molar-refractivity contribution in [2.45, 2.75) is 56.9 Å². The lowest BCUT2D eigenvalue weighted by atomic mass is 10.2. The summed E-state index contributed by atoms with van der Waals surface area (Å²) in [5, 5.41) is 1.79. The van der Waals surface area contributed by atoms with Gasteiger partial charge in [0.1, 0.15) is 17.4 Å². The largest absolute Gasteiger partial charge is 0.493 e. The summed E-state index contributed by atoms with van der Waals surface area (Å²) in [6, 6.07) is 7.88. The first-order chi connectivity index (χ1) is 17.0. The first-order valence-electron chi connectivity index (χ1n) is 12.3. The van der Waals surface area contributed by atoms with Crippen molar-refractivity contribution >= 4 is 28.9 Å². The number of nitrogens with two attached hydrogens (primary N) is 1. The van der Waals surface area contributed by atoms with E-state index in [2.05, 4.69) is 40.8 Å². The Kier molecular flexibility index (Phi) is 8.86. The topological polar surface area (TPSA) is 86.4 Å². The molecule has 9 heteroatoms. The lowest BCUT2D eigenvalue weighted by Gasteiger charge is -2.16. The van der Waals surface area contributed by atoms with Gasteiger partial charge in [-0.15, -0.1) is 11.3 Å². The van der Waals surface area contributed by atoms with Gasteiger partial charge in [0.15, 0.2) is 16.7 Å². The van der Waals surface area contributed by atoms with Crippen LogP contribution in [0.1, 0.15) is 54.6 Å². The molecule has 0 radical (unpaired) electrons. The molecule has 0 amide bonds. The van der Waals surface area contributed by atoms with Gasteiger partial charge in [-0.25, -0.2) is 15.0 Å². The Morgan fingerprint density at radius 2 is 1.94 bits per heavy atom. The molecule has 0 unspecified atom stereocenters. The molecule has 1 aromatic carbocycles. The number of ether oxygens (including phenoxy) is 2. The van der Waals surface area contributed by atoms with Crippen LogP contribution in [0, 0.1) is 6.92 Å². The number of thioether (sulfide) groups is 1. The number of anilines is 1. The van der Waals surface area contributed by atoms with Crippen LogP contribution in [-0.2, 0) is 6.42 Å². The molecule has 2 N–H and O–H groups in total. The minimum atomic E-state index is 0.108. The normalized spacial score (nSPS) is 14.9. The van der Waals surface area contributed by atoms with E-state index in [4.69, 9.17) is 20.2 Å². The Balaban J connectivity index is 1.55. The molecule has 1 atom stereocenters. The van der Waals surface area contributed by atoms with Crippen LogP contribution >= 0.6 is 23.1 Å². The Morgan fingerprint density at radius 1 is 1.14 bits per heavy atom. The average molecular weight is 514 g/mol. The molecule has 35 heavy (non-hydrogen) atoms. The number of aromatic nitrogens is 3. The summed E-state index contributed by atoms with van der Waals surface area (Å²) >= 11 is 3.35. The molecule has 3 heterocycles. The highest BCUT2D eigenvalue weighted by Crippen LogP contribution is 2.41. The molecule has 0 bridgehead atoms. The van der Waals surface area contributed by atoms with E-state index < -0.39 is 0 Å². The molecule has 2 aromatic heterocycles. The third-order valence-electron chi connectivity index (χ3n) is 6.00. The van der Waals surface area contributed by atoms with Crippen LogP contribution < -0.4 is 15.2 Å². The van der Waals surface area contributed by atoms with Gasteiger partial charge in [0.05, 0.1) is 18.1 Å². The first kappa shape index (κ1) is 25.7. The molecular weight excluding hydrogens is 478 g/mol. The second-order valence-electron chi connectivity index (χ2n) is 8.82. The zero-order valence-corrected chi connectivity index (χ0v) is 22.7. The van der Waals surface area contributed by atoms with Crippen LogP contribution in [0.5, 0.6) is 11.5 Å². The van der Waals surface area contributed by atoms with E-state index in [1.54, 1.807) is 36.3 Å². The van der Waals surface area contributed by atoms with Gasteiger partial charge >= 0.3 is 0 Å². The summed E-state index contributed by atoms with van der Waals surface area (Å²) in [7, 11) is 1.68. The summed E-state index contributed by atoms with van der Waals surface area (Å²) in [5.74, 6) is 2.01. The van der Waals surface area contributed by atoms with Crippen LogP contribution in [0.25, 0.3) is 10.6 Å². The van der Waals surface area contributed by atoms with Crippen molar-refractivity contribution in [3.63, 3.8) is 0 Å². The zero-order valence-electron chi connectivity index (χ0n) is 21.0. The Morgan fingerprint density at radius 3 is 2.66 bits per heavy atom. The molecular formula is C26H35N5O2S2. The highest BCUT2D eigenvalue weighted by atomic mass is 32.2. The number of hydrogen-bond acceptors (Lipinski definition) is 9. The predicted molar refractivity (Wildman–Crippen MR) is 145 cm³/mol. The maximum atomic E-state index is 6.16. The number of hydrogen-bond donors (Lipinski definition) is 1. The van der Waals surface area contributed by atoms with E-state index in [1.807, 2.05) is 13.0 Å². The maximum absolute atomic E-state index is 6.16. The van der Waals surface area contributed by atoms with Crippen molar-refractivity contribution in [3.05, 3.63) is 40.5 Å². The summed E-state index contributed by atoms with van der Waals surface area (Å²) in [6.45, 7) is 10.2. The molecule has 1 saturated heterocycles. The third kappa shape index (κ3) is 6.65. The fraction of sp³-hybridized carbons (Fsp3) is 0.500. The van der Waals surface area contributed by atoms with E-state index in [9.17, 15) is 0 Å². The third-order valence-corrected chi connectivity index (χ3v) is 8.15. The van der Waals surface area contributed by atoms with Crippen molar-refractivity contribution in [2.24, 2.45) is 0 Å². The molecule has 0 aliphatic carbocycles. The predicted octanol–water partition coefficient (Wildman–Crippen LogP) is 5.78. The number of methoxy groups -OCH3 is 1. The van der Waals surface area contributed by atoms with Gasteiger partial charge in [-0.2, -0.15) is 0 Å². The van der Waals surface area contributed by atoms with Crippen LogP contribution in [0.4, 0.5) is 5.82 Å². The van der Waals surface area contributed by atoms with E-state index in [1.165, 1.54) is 30.8 Å². The van der Waals surface area contributed by atoms with Crippen LogP contribution in [0.15, 0.2) is 29.4 Å². The first-order valence-corrected chi connectivity index (χ1v) is 14.0. The second-order valence-corrected chi connectivity index (χ2v) is 11.2. The molecule has 0 spiro atoms. The number of rotatable bonds is 11. The van der Waals surface area contributed by atoms with Crippen LogP contribution in [0.2, 0.25) is 0 Å². The molecule has 1 aliphatic rings. The van der Waals surface area contributed by atoms with Gasteiger partial charge in [0.2, 0.25) is 0 Å². The maximum Gasteiger partial charge on any atom is 0.190 e. The Labute approximate surface area is 216 Å². The van der Waals surface area contributed by atoms with Gasteiger partial charge in [0.25, 0.3) is 0 Å². The number of nitrogen functional groups attached to an aromatic ring is 1. The summed E-state index contributed by atoms with van der Waals surface area (Å²) in [5.41, 5.74) is 8.94. The molecule has 1 aliphatic heterocycles. The van der Waals surface area contributed by atoms with Gasteiger partial charge in [-0.05, 0) is 64.4 Å². The number of aryl methyl sites for hydroxylation is 2. The highest BCUT2D eigenvalue weighted by Gasteiger charge is 2.21. The summed E-state index contributed by atoms with van der Waals surface area (Å²) in [4.78, 5) is 17.8. The minimum absolute atomic E-state index is 0.108. The highest BCUT2D eigenvalue weighted by molar-refractivity contribution is 7.99. The van der Waals surface area contributed by atoms with Gasteiger partial charge in [0, 0.05) is 28.7 Å². The van der Waals surface area contributed by atoms with E-state index in [0.29, 0.717) is 17.6 Å². The smallest absolute Gasteiger partial charge is 0.190 e. The van der Waals surface area contributed by atoms with E-state index in [0.717, 1.165) is 52.8 Å². The van der Waals surface area contributed by atoms with Crippen molar-refractivity contribution in [2.75, 3.05) is 39.1 Å². The van der Waals surface area contributed by atoms with E-state index in [-0.39, 0.29) is 5.25 Å². The van der Waals surface area contributed by atoms with Gasteiger partial charge < -0.3 is 15.2 Å². The van der Waals surface area contributed by atoms with Crippen molar-refractivity contribution < 1.29 is 9.47 Å². The summed E-state index contributed by atoms with van der Waals surface area (Å²) in [6.07, 6.45) is 4.62. The molecule has 188 valence electrons. The fourth-order valence-electron chi connectivity index (χ4n) is 4.26. The number of nitrogens with zero attached hydrogens (tertiary/aromatic N) is 4. The van der Waals surface area contributed by atoms with Gasteiger partial charge in [-0.1, -0.05) is 25.1 Å². The lowest BCUT2D eigenvalue weighted by molar-refractivity contribution is 0.230. The standard InChI is InChI=1S/C26H35N5O2S2/c1-5-8-22-24(18(3)34-26-28-17(2)15-23(27)29-26)30-25(35-22)19-9-10-20(32-4)21(16-19)33-14-13-31-11-6-7-12-31/h9-10,15-16,18H,5-8,11-14H2,1-4H3,(H2,27,28,29)/t18-/m1/s1. The fourth-order valence-corrected chi connectivity index (χ4v) is 6.56. The Hall–Kier alpha value is -2.36. The van der Waals surface area contributed by atoms with Crippen LogP contribution in [0.3, 0.4) is 0 Å². The summed E-state index contributed by atoms with van der Waals surface area (Å²) < 4.78 is 11.7. The quantitative estimate of drug-likeness (QED) is 0.255. The zero-order chi connectivity index (χ0) is 24.8. The molecule has 1 fully saturated rings. The van der Waals surface area contributed by atoms with Crippen molar-refractivity contribution in [1.82, 2.24) is 19.9 Å². The van der Waals surface area contributed by atoms with Gasteiger partial charge in [-0.3, -0.25) is 4.90 Å². The monoisotopic (exact) mass is 513 g/mol. The van der Waals surface area contributed by atoms with Crippen molar-refractivity contribution in [1.29, 1.82) is 0 Å². The average Bonchev–Trinajstić information content (AvgIpc) is 3.49. The van der Waals surface area contributed by atoms with Crippen LogP contribution in [-0.4, -0.2) is 53.2 Å². The Bertz CT molecular complexity index is 1110. The number of benzene rings is 1. The number of likely N-dealkylation sites (tertiary alicyclic amines) is 1.